The molecule has 1 amide bonds. The van der Waals surface area contributed by atoms with Crippen LogP contribution in [0, 0.1) is 0 Å². The van der Waals surface area contributed by atoms with Gasteiger partial charge in [0, 0.05) is 24.2 Å². The number of aryl methyl sites for hydroxylation is 1. The van der Waals surface area contributed by atoms with Crippen molar-refractivity contribution in [3.05, 3.63) is 71.4 Å². The lowest BCUT2D eigenvalue weighted by atomic mass is 10.2. The summed E-state index contributed by atoms with van der Waals surface area (Å²) in [4.78, 5) is 17.3. The summed E-state index contributed by atoms with van der Waals surface area (Å²) >= 11 is 6.41. The van der Waals surface area contributed by atoms with Crippen molar-refractivity contribution in [3.8, 4) is 11.6 Å². The number of anilines is 2. The number of hydrogen-bond donors (Lipinski definition) is 2. The summed E-state index contributed by atoms with van der Waals surface area (Å²) in [6, 6.07) is 16.0. The Morgan fingerprint density at radius 1 is 1.03 bits per heavy atom. The summed E-state index contributed by atoms with van der Waals surface area (Å²) in [5.74, 6) is 0.669. The first-order valence-electron chi connectivity index (χ1n) is 10.0. The second-order valence-electron chi connectivity index (χ2n) is 7.25. The van der Waals surface area contributed by atoms with Crippen molar-refractivity contribution >= 4 is 49.9 Å². The molecule has 2 aromatic heterocycles. The van der Waals surface area contributed by atoms with E-state index in [1.807, 2.05) is 0 Å². The predicted octanol–water partition coefficient (Wildman–Crippen LogP) is 4.11. The van der Waals surface area contributed by atoms with Gasteiger partial charge in [0.1, 0.15) is 17.3 Å². The highest BCUT2D eigenvalue weighted by Gasteiger charge is 2.23. The van der Waals surface area contributed by atoms with Crippen LogP contribution in [0.5, 0.6) is 11.6 Å². The summed E-state index contributed by atoms with van der Waals surface area (Å²) in [5.41, 5.74) is 1.30. The zero-order valence-corrected chi connectivity index (χ0v) is 20.1. The normalized spacial score (nSPS) is 11.3. The van der Waals surface area contributed by atoms with Crippen molar-refractivity contribution in [1.29, 1.82) is 0 Å². The molecule has 0 aliphatic rings. The van der Waals surface area contributed by atoms with Crippen LogP contribution in [-0.2, 0) is 17.1 Å². The Balaban J connectivity index is 1.68. The molecule has 176 valence electrons. The maximum atomic E-state index is 13.0. The minimum absolute atomic E-state index is 0.0649. The van der Waals surface area contributed by atoms with Gasteiger partial charge in [0.15, 0.2) is 0 Å². The molecule has 0 atom stereocenters. The first-order chi connectivity index (χ1) is 16.2. The topological polar surface area (TPSA) is 112 Å². The van der Waals surface area contributed by atoms with E-state index >= 15 is 0 Å². The van der Waals surface area contributed by atoms with Crippen LogP contribution >= 0.6 is 11.6 Å². The quantitative estimate of drug-likeness (QED) is 0.393. The third-order valence-electron chi connectivity index (χ3n) is 5.17. The number of hydrogen-bond acceptors (Lipinski definition) is 7. The fraction of sp³-hybridized carbons (Fsp3) is 0.130. The highest BCUT2D eigenvalue weighted by molar-refractivity contribution is 7.90. The highest BCUT2D eigenvalue weighted by atomic mass is 35.5. The van der Waals surface area contributed by atoms with E-state index in [1.54, 1.807) is 48.0 Å². The summed E-state index contributed by atoms with van der Waals surface area (Å²) in [6.07, 6.45) is 0. The molecule has 34 heavy (non-hydrogen) atoms. The molecule has 0 spiro atoms. The minimum atomic E-state index is -4.10. The molecule has 2 heterocycles. The van der Waals surface area contributed by atoms with Gasteiger partial charge in [0.05, 0.1) is 29.7 Å². The van der Waals surface area contributed by atoms with Gasteiger partial charge in [-0.25, -0.2) is 13.1 Å². The number of amides is 1. The number of rotatable bonds is 7. The number of carbonyl (C=O) groups excluding carboxylic acids is 1. The monoisotopic (exact) mass is 500 g/mol. The van der Waals surface area contributed by atoms with Crippen LogP contribution in [0.1, 0.15) is 10.5 Å². The Morgan fingerprint density at radius 3 is 2.44 bits per heavy atom. The molecule has 0 bridgehead atoms. The van der Waals surface area contributed by atoms with Crippen LogP contribution in [0.2, 0.25) is 5.02 Å². The average Bonchev–Trinajstić information content (AvgIpc) is 3.19. The Bertz CT molecular complexity index is 1480. The molecule has 0 saturated heterocycles. The largest absolute Gasteiger partial charge is 0.497 e. The molecule has 0 aliphatic carbocycles. The third kappa shape index (κ3) is 4.50. The fourth-order valence-corrected chi connectivity index (χ4v) is 4.73. The van der Waals surface area contributed by atoms with Gasteiger partial charge in [-0.05, 0) is 48.5 Å². The second kappa shape index (κ2) is 9.24. The molecule has 4 rings (SSSR count). The molecule has 4 aromatic rings. The Hall–Kier alpha value is -3.76. The minimum Gasteiger partial charge on any atom is -0.497 e. The van der Waals surface area contributed by atoms with E-state index in [0.717, 1.165) is 0 Å². The van der Waals surface area contributed by atoms with Crippen molar-refractivity contribution in [2.45, 2.75) is 4.90 Å². The predicted molar refractivity (Wildman–Crippen MR) is 130 cm³/mol. The van der Waals surface area contributed by atoms with E-state index < -0.39 is 15.9 Å². The lowest BCUT2D eigenvalue weighted by Gasteiger charge is -2.10. The first kappa shape index (κ1) is 23.4. The van der Waals surface area contributed by atoms with Crippen LogP contribution < -0.4 is 19.5 Å². The Morgan fingerprint density at radius 2 is 1.76 bits per heavy atom. The highest BCUT2D eigenvalue weighted by Crippen LogP contribution is 2.34. The fourth-order valence-electron chi connectivity index (χ4n) is 3.47. The van der Waals surface area contributed by atoms with Crippen molar-refractivity contribution in [2.24, 2.45) is 7.05 Å². The molecular weight excluding hydrogens is 480 g/mol. The average molecular weight is 501 g/mol. The zero-order chi connectivity index (χ0) is 24.5. The molecule has 0 fully saturated rings. The molecule has 2 N–H and O–H groups in total. The lowest BCUT2D eigenvalue weighted by molar-refractivity contribution is 0.0974. The number of sulfonamides is 1. The smallest absolute Gasteiger partial charge is 0.281 e. The standard InChI is InChI=1S/C23H21ClN4O5S/c1-28-19(23(29)27-34(30,31)15-9-7-14(32-2)8-10-15)13-16-18(12-11-17(24)22(16)28)25-20-5-4-6-21(26-20)33-3/h4-13H,1-3H3,(H,25,26)(H,27,29). The van der Waals surface area contributed by atoms with Gasteiger partial charge in [-0.15, -0.1) is 0 Å². The lowest BCUT2D eigenvalue weighted by Crippen LogP contribution is -2.31. The van der Waals surface area contributed by atoms with Crippen LogP contribution in [0.3, 0.4) is 0 Å². The number of fused-ring (bicyclic) bond motifs is 1. The van der Waals surface area contributed by atoms with Gasteiger partial charge in [0.2, 0.25) is 5.88 Å². The maximum Gasteiger partial charge on any atom is 0.281 e. The molecular formula is C23H21ClN4O5S. The van der Waals surface area contributed by atoms with E-state index in [2.05, 4.69) is 15.0 Å². The second-order valence-corrected chi connectivity index (χ2v) is 9.34. The third-order valence-corrected chi connectivity index (χ3v) is 6.82. The molecule has 9 nitrogen and oxygen atoms in total. The summed E-state index contributed by atoms with van der Waals surface area (Å²) < 4.78 is 39.3. The van der Waals surface area contributed by atoms with Gasteiger partial charge < -0.3 is 19.4 Å². The van der Waals surface area contributed by atoms with Gasteiger partial charge >= 0.3 is 0 Å². The van der Waals surface area contributed by atoms with Crippen molar-refractivity contribution in [2.75, 3.05) is 19.5 Å². The number of nitrogens with one attached hydrogen (secondary N) is 2. The number of aromatic nitrogens is 2. The van der Waals surface area contributed by atoms with E-state index in [-0.39, 0.29) is 10.6 Å². The van der Waals surface area contributed by atoms with Gasteiger partial charge in [-0.1, -0.05) is 17.7 Å². The molecule has 2 aromatic carbocycles. The summed E-state index contributed by atoms with van der Waals surface area (Å²) in [7, 11) is 0.530. The molecule has 0 unspecified atom stereocenters. The zero-order valence-electron chi connectivity index (χ0n) is 18.5. The summed E-state index contributed by atoms with van der Waals surface area (Å²) in [5, 5.41) is 4.21. The van der Waals surface area contributed by atoms with E-state index in [1.165, 1.54) is 38.5 Å². The van der Waals surface area contributed by atoms with Gasteiger partial charge in [0.25, 0.3) is 15.9 Å². The van der Waals surface area contributed by atoms with Crippen molar-refractivity contribution in [1.82, 2.24) is 14.3 Å². The number of benzene rings is 2. The maximum absolute atomic E-state index is 13.0. The van der Waals surface area contributed by atoms with E-state index in [4.69, 9.17) is 21.1 Å². The van der Waals surface area contributed by atoms with E-state index in [0.29, 0.717) is 39.1 Å². The number of carbonyl (C=O) groups is 1. The van der Waals surface area contributed by atoms with Gasteiger partial charge in [-0.2, -0.15) is 4.98 Å². The van der Waals surface area contributed by atoms with Crippen LogP contribution in [-0.4, -0.2) is 38.1 Å². The Labute approximate surface area is 201 Å². The number of halogens is 1. The first-order valence-corrected chi connectivity index (χ1v) is 11.9. The molecule has 0 aliphatic heterocycles. The SMILES string of the molecule is COc1ccc(S(=O)(=O)NC(=O)c2cc3c(Nc4cccc(OC)n4)ccc(Cl)c3n2C)cc1. The number of ether oxygens (including phenoxy) is 2. The summed E-state index contributed by atoms with van der Waals surface area (Å²) in [6.45, 7) is 0. The molecule has 0 radical (unpaired) electrons. The van der Waals surface area contributed by atoms with Crippen LogP contribution in [0.4, 0.5) is 11.5 Å². The number of pyridine rings is 1. The van der Waals surface area contributed by atoms with E-state index in [9.17, 15) is 13.2 Å². The molecule has 11 heteroatoms. The molecule has 0 saturated carbocycles. The van der Waals surface area contributed by atoms with Crippen molar-refractivity contribution < 1.29 is 22.7 Å². The van der Waals surface area contributed by atoms with Crippen LogP contribution in [0.15, 0.2) is 65.6 Å². The van der Waals surface area contributed by atoms with Crippen LogP contribution in [0.25, 0.3) is 10.9 Å². The van der Waals surface area contributed by atoms with Crippen molar-refractivity contribution in [3.63, 3.8) is 0 Å². The van der Waals surface area contributed by atoms with Gasteiger partial charge in [-0.3, -0.25) is 4.79 Å². The number of nitrogens with zero attached hydrogens (tertiary/aromatic N) is 2. The Kier molecular flexibility index (Phi) is 6.36. The number of methoxy groups -OCH3 is 2.